The van der Waals surface area contributed by atoms with E-state index in [4.69, 9.17) is 20.8 Å². The smallest absolute Gasteiger partial charge is 0.311 e. The predicted molar refractivity (Wildman–Crippen MR) is 90.9 cm³/mol. The number of carboxylic acids is 1. The zero-order valence-corrected chi connectivity index (χ0v) is 14.5. The Morgan fingerprint density at radius 3 is 2.92 bits per heavy atom. The number of fused-ring (bicyclic) bond motifs is 2. The second-order valence-corrected chi connectivity index (χ2v) is 7.30. The van der Waals surface area contributed by atoms with Crippen molar-refractivity contribution in [3.8, 4) is 0 Å². The molecule has 1 amide bonds. The third-order valence-corrected chi connectivity index (χ3v) is 5.75. The van der Waals surface area contributed by atoms with Crippen LogP contribution in [-0.4, -0.2) is 48.2 Å². The number of carbonyl (C=O) groups is 2. The molecule has 0 saturated carbocycles. The number of furan rings is 1. The van der Waals surface area contributed by atoms with Crippen molar-refractivity contribution in [2.75, 3.05) is 26.3 Å². The molecule has 1 aromatic carbocycles. The van der Waals surface area contributed by atoms with E-state index in [0.29, 0.717) is 36.8 Å². The van der Waals surface area contributed by atoms with Gasteiger partial charge in [-0.2, -0.15) is 0 Å². The lowest BCUT2D eigenvalue weighted by atomic mass is 9.74. The number of hydrogen-bond acceptors (Lipinski definition) is 4. The Hall–Kier alpha value is -2.05. The molecule has 2 fully saturated rings. The first kappa shape index (κ1) is 16.4. The fourth-order valence-electron chi connectivity index (χ4n) is 3.99. The van der Waals surface area contributed by atoms with Crippen LogP contribution in [0.2, 0.25) is 5.02 Å². The highest BCUT2D eigenvalue weighted by molar-refractivity contribution is 6.31. The third kappa shape index (κ3) is 2.43. The first-order valence-electron chi connectivity index (χ1n) is 8.21. The first-order valence-corrected chi connectivity index (χ1v) is 8.59. The molecule has 0 spiro atoms. The summed E-state index contributed by atoms with van der Waals surface area (Å²) in [6.07, 6.45) is 0.422. The van der Waals surface area contributed by atoms with E-state index in [1.54, 1.807) is 23.1 Å². The highest BCUT2D eigenvalue weighted by atomic mass is 35.5. The van der Waals surface area contributed by atoms with Crippen LogP contribution in [0.25, 0.3) is 11.0 Å². The van der Waals surface area contributed by atoms with Crippen LogP contribution >= 0.6 is 11.6 Å². The maximum absolute atomic E-state index is 13.0. The molecular weight excluding hydrogens is 346 g/mol. The van der Waals surface area contributed by atoms with Crippen LogP contribution in [0.3, 0.4) is 0 Å². The zero-order chi connectivity index (χ0) is 17.8. The number of carbonyl (C=O) groups excluding carboxylic acids is 1. The summed E-state index contributed by atoms with van der Waals surface area (Å²) in [5, 5.41) is 11.1. The molecule has 0 unspecified atom stereocenters. The van der Waals surface area contributed by atoms with Gasteiger partial charge < -0.3 is 19.2 Å². The van der Waals surface area contributed by atoms with Gasteiger partial charge in [0.05, 0.1) is 12.0 Å². The second kappa shape index (κ2) is 5.75. The average molecular weight is 364 g/mol. The van der Waals surface area contributed by atoms with Gasteiger partial charge in [0.15, 0.2) is 5.76 Å². The number of carboxylic acid groups (broad SMARTS) is 1. The molecule has 1 N–H and O–H groups in total. The molecule has 6 nitrogen and oxygen atoms in total. The summed E-state index contributed by atoms with van der Waals surface area (Å²) in [6, 6.07) is 5.21. The van der Waals surface area contributed by atoms with Crippen molar-refractivity contribution in [1.82, 2.24) is 4.90 Å². The quantitative estimate of drug-likeness (QED) is 0.887. The fraction of sp³-hybridized carbons (Fsp3) is 0.444. The van der Waals surface area contributed by atoms with Gasteiger partial charge in [0.1, 0.15) is 5.58 Å². The molecule has 2 aromatic rings. The minimum Gasteiger partial charge on any atom is -0.481 e. The summed E-state index contributed by atoms with van der Waals surface area (Å²) in [5.41, 5.74) is 0.396. The highest BCUT2D eigenvalue weighted by Gasteiger charge is 2.55. The summed E-state index contributed by atoms with van der Waals surface area (Å²) >= 11 is 6.03. The summed E-state index contributed by atoms with van der Waals surface area (Å²) in [7, 11) is 0. The predicted octanol–water partition coefficient (Wildman–Crippen LogP) is 2.96. The Morgan fingerprint density at radius 2 is 2.20 bits per heavy atom. The molecule has 0 aliphatic carbocycles. The number of aliphatic carboxylic acids is 1. The Morgan fingerprint density at radius 1 is 1.40 bits per heavy atom. The molecule has 2 saturated heterocycles. The Balaban J connectivity index is 1.68. The molecule has 7 heteroatoms. The van der Waals surface area contributed by atoms with Gasteiger partial charge in [-0.25, -0.2) is 0 Å². The highest BCUT2D eigenvalue weighted by Crippen LogP contribution is 2.43. The normalized spacial score (nSPS) is 26.0. The van der Waals surface area contributed by atoms with E-state index in [2.05, 4.69) is 0 Å². The van der Waals surface area contributed by atoms with Gasteiger partial charge in [-0.15, -0.1) is 0 Å². The molecule has 0 radical (unpaired) electrons. The molecule has 2 atom stereocenters. The number of amides is 1. The Bertz CT molecular complexity index is 876. The van der Waals surface area contributed by atoms with Gasteiger partial charge in [-0.1, -0.05) is 11.6 Å². The monoisotopic (exact) mass is 363 g/mol. The summed E-state index contributed by atoms with van der Waals surface area (Å²) < 4.78 is 11.2. The first-order chi connectivity index (χ1) is 11.9. The summed E-state index contributed by atoms with van der Waals surface area (Å²) in [6.45, 7) is 3.14. The van der Waals surface area contributed by atoms with E-state index in [1.165, 1.54) is 0 Å². The SMILES string of the molecule is Cc1c(C(=O)N2C[C@H]3COCC[C@@]3(C(=O)O)C2)oc2ccc(Cl)cc12. The van der Waals surface area contributed by atoms with Crippen LogP contribution < -0.4 is 0 Å². The van der Waals surface area contributed by atoms with E-state index in [-0.39, 0.29) is 24.1 Å². The van der Waals surface area contributed by atoms with Gasteiger partial charge in [0, 0.05) is 41.6 Å². The van der Waals surface area contributed by atoms with E-state index >= 15 is 0 Å². The molecule has 25 heavy (non-hydrogen) atoms. The van der Waals surface area contributed by atoms with Crippen LogP contribution in [0.1, 0.15) is 22.5 Å². The number of benzene rings is 1. The molecule has 132 valence electrons. The van der Waals surface area contributed by atoms with Crippen molar-refractivity contribution in [2.45, 2.75) is 13.3 Å². The van der Waals surface area contributed by atoms with Gasteiger partial charge in [-0.05, 0) is 31.5 Å². The maximum Gasteiger partial charge on any atom is 0.311 e. The largest absolute Gasteiger partial charge is 0.481 e. The van der Waals surface area contributed by atoms with Crippen molar-refractivity contribution in [3.63, 3.8) is 0 Å². The van der Waals surface area contributed by atoms with Crippen molar-refractivity contribution < 1.29 is 23.8 Å². The standard InChI is InChI=1S/C18H18ClNO5/c1-10-13-6-12(19)2-3-14(13)25-15(10)16(21)20-7-11-8-24-5-4-18(11,9-20)17(22)23/h2-3,6,11H,4-5,7-9H2,1H3,(H,22,23)/t11-,18+/m0/s1. The topological polar surface area (TPSA) is 80.0 Å². The van der Waals surface area contributed by atoms with E-state index in [0.717, 1.165) is 10.9 Å². The minimum atomic E-state index is -0.920. The summed E-state index contributed by atoms with van der Waals surface area (Å²) in [4.78, 5) is 26.5. The number of halogens is 1. The van der Waals surface area contributed by atoms with Crippen molar-refractivity contribution in [2.24, 2.45) is 11.3 Å². The molecule has 1 aromatic heterocycles. The Labute approximate surface area is 149 Å². The maximum atomic E-state index is 13.0. The van der Waals surface area contributed by atoms with Gasteiger partial charge in [0.25, 0.3) is 5.91 Å². The molecular formula is C18H18ClNO5. The van der Waals surface area contributed by atoms with Crippen LogP contribution in [-0.2, 0) is 9.53 Å². The number of likely N-dealkylation sites (tertiary alicyclic amines) is 1. The number of aryl methyl sites for hydroxylation is 1. The molecule has 3 heterocycles. The van der Waals surface area contributed by atoms with Gasteiger partial charge in [0.2, 0.25) is 0 Å². The van der Waals surface area contributed by atoms with Gasteiger partial charge in [-0.3, -0.25) is 9.59 Å². The third-order valence-electron chi connectivity index (χ3n) is 5.51. The number of rotatable bonds is 2. The van der Waals surface area contributed by atoms with E-state index in [1.807, 2.05) is 6.92 Å². The van der Waals surface area contributed by atoms with Crippen molar-refractivity contribution in [3.05, 3.63) is 34.5 Å². The lowest BCUT2D eigenvalue weighted by Crippen LogP contribution is -2.45. The minimum absolute atomic E-state index is 0.187. The van der Waals surface area contributed by atoms with Crippen molar-refractivity contribution in [1.29, 1.82) is 0 Å². The second-order valence-electron chi connectivity index (χ2n) is 6.87. The van der Waals surface area contributed by atoms with Crippen LogP contribution in [0.15, 0.2) is 22.6 Å². The molecule has 0 bridgehead atoms. The lowest BCUT2D eigenvalue weighted by Gasteiger charge is -2.33. The number of ether oxygens (including phenoxy) is 1. The number of nitrogens with zero attached hydrogens (tertiary/aromatic N) is 1. The molecule has 2 aliphatic rings. The average Bonchev–Trinajstić information content (AvgIpc) is 3.14. The Kier molecular flexibility index (Phi) is 3.77. The van der Waals surface area contributed by atoms with Crippen LogP contribution in [0.5, 0.6) is 0 Å². The van der Waals surface area contributed by atoms with Crippen molar-refractivity contribution >= 4 is 34.4 Å². The van der Waals surface area contributed by atoms with Gasteiger partial charge >= 0.3 is 5.97 Å². The van der Waals surface area contributed by atoms with E-state index in [9.17, 15) is 14.7 Å². The fourth-order valence-corrected chi connectivity index (χ4v) is 4.17. The van der Waals surface area contributed by atoms with E-state index < -0.39 is 11.4 Å². The van der Waals surface area contributed by atoms with Crippen LogP contribution in [0.4, 0.5) is 0 Å². The lowest BCUT2D eigenvalue weighted by molar-refractivity contribution is -0.157. The number of hydrogen-bond donors (Lipinski definition) is 1. The molecule has 4 rings (SSSR count). The van der Waals surface area contributed by atoms with Crippen LogP contribution in [0, 0.1) is 18.3 Å². The zero-order valence-electron chi connectivity index (χ0n) is 13.8. The molecule has 2 aliphatic heterocycles. The summed E-state index contributed by atoms with van der Waals surface area (Å²) in [5.74, 6) is -1.08.